The second-order valence-electron chi connectivity index (χ2n) is 2.53. The molecule has 1 heteroatoms. The Balaban J connectivity index is 3.54. The Kier molecular flexibility index (Phi) is 1.10. The molecule has 0 aliphatic rings. The van der Waals surface area contributed by atoms with E-state index in [0.717, 1.165) is 0 Å². The first-order valence-corrected chi connectivity index (χ1v) is 2.12. The maximum Gasteiger partial charge on any atom is 0.0431 e. The number of hydrogen-bond acceptors (Lipinski definition) is 1. The maximum atomic E-state index is 7.01. The van der Waals surface area contributed by atoms with Crippen LogP contribution in [0, 0.1) is 5.41 Å². The van der Waals surface area contributed by atoms with Gasteiger partial charge >= 0.3 is 0 Å². The number of rotatable bonds is 0. The van der Waals surface area contributed by atoms with Crippen LogP contribution < -0.4 is 5.73 Å². The van der Waals surface area contributed by atoms with Gasteiger partial charge in [0.25, 0.3) is 0 Å². The zero-order valence-electron chi connectivity index (χ0n) is 5.65. The normalized spacial score (nSPS) is 19.7. The van der Waals surface area contributed by atoms with Crippen molar-refractivity contribution in [1.29, 1.82) is 0 Å². The Bertz CT molecular complexity index is 53.6. The second-order valence-corrected chi connectivity index (χ2v) is 2.53. The third kappa shape index (κ3) is 3.96. The van der Waals surface area contributed by atoms with Crippen LogP contribution >= 0.6 is 0 Å². The molecule has 38 valence electrons. The molecule has 2 N–H and O–H groups in total. The van der Waals surface area contributed by atoms with E-state index in [2.05, 4.69) is 0 Å². The van der Waals surface area contributed by atoms with Crippen molar-refractivity contribution in [2.24, 2.45) is 11.1 Å². The summed E-state index contributed by atoms with van der Waals surface area (Å²) >= 11 is 0. The van der Waals surface area contributed by atoms with E-state index >= 15 is 0 Å². The Morgan fingerprint density at radius 2 is 1.83 bits per heavy atom. The highest BCUT2D eigenvalue weighted by atomic mass is 14.6. The second kappa shape index (κ2) is 1.61. The Labute approximate surface area is 40.9 Å². The smallest absolute Gasteiger partial charge is 0.0431 e. The number of nitrogens with two attached hydrogens (primary N) is 1. The molecule has 0 bridgehead atoms. The summed E-state index contributed by atoms with van der Waals surface area (Å²) in [5, 5.41) is 0. The summed E-state index contributed by atoms with van der Waals surface area (Å²) in [6, 6.07) is 0. The van der Waals surface area contributed by atoms with E-state index in [0.29, 0.717) is 0 Å². The van der Waals surface area contributed by atoms with E-state index in [4.69, 9.17) is 7.10 Å². The lowest BCUT2D eigenvalue weighted by Gasteiger charge is -2.12. The van der Waals surface area contributed by atoms with Crippen LogP contribution in [0.2, 0.25) is 0 Å². The molecule has 0 aliphatic heterocycles. The van der Waals surface area contributed by atoms with Crippen LogP contribution in [0.5, 0.6) is 0 Å². The number of hydrogen-bond donors (Lipinski definition) is 1. The van der Waals surface area contributed by atoms with E-state index in [9.17, 15) is 0 Å². The van der Waals surface area contributed by atoms with Crippen LogP contribution in [0.4, 0.5) is 0 Å². The molecule has 1 atom stereocenters. The average Bonchev–Trinajstić information content (AvgIpc) is 1.31. The molecular formula is C5H13N. The predicted octanol–water partition coefficient (Wildman–Crippen LogP) is 0.991. The minimum Gasteiger partial charge on any atom is -0.330 e. The van der Waals surface area contributed by atoms with E-state index < -0.39 is 6.52 Å². The molecule has 0 aliphatic carbocycles. The summed E-state index contributed by atoms with van der Waals surface area (Å²) in [6.45, 7) is 5.40. The van der Waals surface area contributed by atoms with Crippen LogP contribution in [0.1, 0.15) is 22.1 Å². The van der Waals surface area contributed by atoms with Crippen molar-refractivity contribution < 1.29 is 1.37 Å². The molecule has 0 rings (SSSR count). The first-order valence-electron chi connectivity index (χ1n) is 2.70. The van der Waals surface area contributed by atoms with Crippen molar-refractivity contribution in [3.05, 3.63) is 0 Å². The topological polar surface area (TPSA) is 26.0 Å². The highest BCUT2D eigenvalue weighted by Gasteiger charge is 2.03. The fraction of sp³-hybridized carbons (Fsp3) is 1.00. The van der Waals surface area contributed by atoms with Gasteiger partial charge in [-0.2, -0.15) is 0 Å². The van der Waals surface area contributed by atoms with Crippen LogP contribution in [0.25, 0.3) is 0 Å². The molecule has 0 amide bonds. The molecule has 0 fully saturated rings. The van der Waals surface area contributed by atoms with Crippen molar-refractivity contribution in [2.45, 2.75) is 20.8 Å². The van der Waals surface area contributed by atoms with Gasteiger partial charge in [0.15, 0.2) is 0 Å². The summed E-state index contributed by atoms with van der Waals surface area (Å²) in [5.41, 5.74) is 5.18. The highest BCUT2D eigenvalue weighted by molar-refractivity contribution is 4.59. The Morgan fingerprint density at radius 3 is 1.83 bits per heavy atom. The largest absolute Gasteiger partial charge is 0.330 e. The van der Waals surface area contributed by atoms with Gasteiger partial charge in [0.05, 0.1) is 0 Å². The molecule has 1 nitrogen and oxygen atoms in total. The van der Waals surface area contributed by atoms with E-state index in [1.165, 1.54) is 0 Å². The highest BCUT2D eigenvalue weighted by Crippen LogP contribution is 2.07. The van der Waals surface area contributed by atoms with Crippen molar-refractivity contribution >= 4 is 0 Å². The van der Waals surface area contributed by atoms with E-state index in [1.54, 1.807) is 0 Å². The summed E-state index contributed by atoms with van der Waals surface area (Å²) in [6.07, 6.45) is 0. The zero-order valence-corrected chi connectivity index (χ0v) is 4.65. The van der Waals surface area contributed by atoms with Gasteiger partial charge in [0, 0.05) is 1.37 Å². The Morgan fingerprint density at radius 1 is 1.67 bits per heavy atom. The molecule has 0 heterocycles. The third-order valence-corrected chi connectivity index (χ3v) is 0.500. The maximum absolute atomic E-state index is 7.01. The van der Waals surface area contributed by atoms with Crippen LogP contribution in [-0.4, -0.2) is 6.52 Å². The van der Waals surface area contributed by atoms with E-state index in [-0.39, 0.29) is 5.41 Å². The first-order chi connectivity index (χ1) is 2.94. The Hall–Kier alpha value is -0.0400. The predicted molar refractivity (Wildman–Crippen MR) is 28.5 cm³/mol. The van der Waals surface area contributed by atoms with Gasteiger partial charge < -0.3 is 5.73 Å². The van der Waals surface area contributed by atoms with Gasteiger partial charge in [-0.15, -0.1) is 0 Å². The van der Waals surface area contributed by atoms with Gasteiger partial charge in [0.2, 0.25) is 0 Å². The first kappa shape index (κ1) is 4.13. The zero-order chi connectivity index (χ0) is 6.08. The molecule has 0 saturated heterocycles. The fourth-order valence-corrected chi connectivity index (χ4v) is 0. The van der Waals surface area contributed by atoms with Crippen molar-refractivity contribution in [3.63, 3.8) is 0 Å². The summed E-state index contributed by atoms with van der Waals surface area (Å²) in [5.74, 6) is 0. The molecule has 6 heavy (non-hydrogen) atoms. The quantitative estimate of drug-likeness (QED) is 0.469. The molecule has 0 aromatic carbocycles. The lowest BCUT2D eigenvalue weighted by atomic mass is 9.98. The minimum absolute atomic E-state index is 0.0556. The SMILES string of the molecule is [2H][C@H](N)C(C)(C)C. The third-order valence-electron chi connectivity index (χ3n) is 0.500. The lowest BCUT2D eigenvalue weighted by molar-refractivity contribution is 0.428. The van der Waals surface area contributed by atoms with E-state index in [1.807, 2.05) is 20.8 Å². The van der Waals surface area contributed by atoms with Gasteiger partial charge in [-0.25, -0.2) is 0 Å². The van der Waals surface area contributed by atoms with Gasteiger partial charge in [-0.3, -0.25) is 0 Å². The van der Waals surface area contributed by atoms with Crippen molar-refractivity contribution in [2.75, 3.05) is 6.52 Å². The minimum atomic E-state index is -0.451. The lowest BCUT2D eigenvalue weighted by Crippen LogP contribution is -2.18. The molecule has 0 aromatic heterocycles. The van der Waals surface area contributed by atoms with Gasteiger partial charge in [-0.1, -0.05) is 20.8 Å². The monoisotopic (exact) mass is 88.1 g/mol. The fourth-order valence-electron chi connectivity index (χ4n) is 0. The van der Waals surface area contributed by atoms with Crippen LogP contribution in [0.3, 0.4) is 0 Å². The standard InChI is InChI=1S/C5H13N/c1-5(2,3)4-6/h4,6H2,1-3H3/i4D/t4-/m0/s1. The van der Waals surface area contributed by atoms with Crippen molar-refractivity contribution in [1.82, 2.24) is 0 Å². The summed E-state index contributed by atoms with van der Waals surface area (Å²) < 4.78 is 7.01. The van der Waals surface area contributed by atoms with Crippen LogP contribution in [0.15, 0.2) is 0 Å². The van der Waals surface area contributed by atoms with Gasteiger partial charge in [0.1, 0.15) is 0 Å². The summed E-state index contributed by atoms with van der Waals surface area (Å²) in [4.78, 5) is 0. The molecular weight excluding hydrogens is 74.1 g/mol. The van der Waals surface area contributed by atoms with Crippen molar-refractivity contribution in [3.8, 4) is 0 Å². The molecule has 0 saturated carbocycles. The van der Waals surface area contributed by atoms with Gasteiger partial charge in [-0.05, 0) is 11.9 Å². The molecule has 0 spiro atoms. The molecule has 0 unspecified atom stereocenters. The van der Waals surface area contributed by atoms with Crippen LogP contribution in [-0.2, 0) is 0 Å². The molecule has 0 aromatic rings. The average molecular weight is 88.2 g/mol. The summed E-state index contributed by atoms with van der Waals surface area (Å²) in [7, 11) is 0. The molecule has 0 radical (unpaired) electrons.